The van der Waals surface area contributed by atoms with Crippen molar-refractivity contribution in [2.75, 3.05) is 5.75 Å². The first-order valence-corrected chi connectivity index (χ1v) is 11.4. The fraction of sp³-hybridized carbons (Fsp3) is 0.174. The standard InChI is InChI=1S/C23H20BrN3O2S/c24-18-11-9-16(10-12-18)22(29)27-20(15-30-23(27)17-6-2-1-3-7-17)21(28)26-14-19-8-4-5-13-25-19/h1-13,20,23H,14-15H2,(H,26,28). The minimum Gasteiger partial charge on any atom is -0.349 e. The lowest BCUT2D eigenvalue weighted by Crippen LogP contribution is -2.47. The number of hydrogen-bond acceptors (Lipinski definition) is 4. The summed E-state index contributed by atoms with van der Waals surface area (Å²) >= 11 is 5.01. The zero-order chi connectivity index (χ0) is 20.9. The Kier molecular flexibility index (Phi) is 6.50. The van der Waals surface area contributed by atoms with Gasteiger partial charge in [0.25, 0.3) is 5.91 Å². The van der Waals surface area contributed by atoms with E-state index in [1.807, 2.05) is 60.7 Å². The third-order valence-corrected chi connectivity index (χ3v) is 6.74. The molecule has 30 heavy (non-hydrogen) atoms. The molecular formula is C23H20BrN3O2S. The Hall–Kier alpha value is -2.64. The maximum atomic E-state index is 13.4. The second kappa shape index (κ2) is 9.45. The van der Waals surface area contributed by atoms with Gasteiger partial charge < -0.3 is 10.2 Å². The van der Waals surface area contributed by atoms with Crippen LogP contribution in [0.25, 0.3) is 0 Å². The fourth-order valence-corrected chi connectivity index (χ4v) is 5.06. The van der Waals surface area contributed by atoms with Crippen LogP contribution in [0.5, 0.6) is 0 Å². The highest BCUT2D eigenvalue weighted by atomic mass is 79.9. The number of nitrogens with one attached hydrogen (secondary N) is 1. The molecule has 1 aliphatic heterocycles. The van der Waals surface area contributed by atoms with E-state index in [4.69, 9.17) is 0 Å². The van der Waals surface area contributed by atoms with Crippen molar-refractivity contribution in [1.29, 1.82) is 0 Å². The van der Waals surface area contributed by atoms with Gasteiger partial charge in [-0.3, -0.25) is 14.6 Å². The Morgan fingerprint density at radius 3 is 2.47 bits per heavy atom. The monoisotopic (exact) mass is 481 g/mol. The van der Waals surface area contributed by atoms with E-state index in [2.05, 4.69) is 26.2 Å². The molecule has 5 nitrogen and oxygen atoms in total. The maximum absolute atomic E-state index is 13.4. The van der Waals surface area contributed by atoms with Crippen LogP contribution >= 0.6 is 27.7 Å². The van der Waals surface area contributed by atoms with E-state index in [-0.39, 0.29) is 17.2 Å². The zero-order valence-corrected chi connectivity index (χ0v) is 18.5. The highest BCUT2D eigenvalue weighted by Gasteiger charge is 2.42. The molecule has 1 aromatic heterocycles. The number of carbonyl (C=O) groups is 2. The Balaban J connectivity index is 1.59. The normalized spacial score (nSPS) is 18.2. The van der Waals surface area contributed by atoms with Gasteiger partial charge in [-0.2, -0.15) is 0 Å². The van der Waals surface area contributed by atoms with Crippen molar-refractivity contribution in [3.05, 3.63) is 100 Å². The molecule has 1 N–H and O–H groups in total. The predicted octanol–water partition coefficient (Wildman–Crippen LogP) is 4.42. The zero-order valence-electron chi connectivity index (χ0n) is 16.1. The number of carbonyl (C=O) groups excluding carboxylic acids is 2. The number of rotatable bonds is 5. The molecular weight excluding hydrogens is 462 g/mol. The summed E-state index contributed by atoms with van der Waals surface area (Å²) in [5.41, 5.74) is 2.35. The largest absolute Gasteiger partial charge is 0.349 e. The van der Waals surface area contributed by atoms with Crippen molar-refractivity contribution in [1.82, 2.24) is 15.2 Å². The topological polar surface area (TPSA) is 62.3 Å². The Morgan fingerprint density at radius 2 is 1.77 bits per heavy atom. The number of halogens is 1. The van der Waals surface area contributed by atoms with Gasteiger partial charge in [0.05, 0.1) is 12.2 Å². The van der Waals surface area contributed by atoms with Gasteiger partial charge in [-0.1, -0.05) is 52.3 Å². The smallest absolute Gasteiger partial charge is 0.255 e. The maximum Gasteiger partial charge on any atom is 0.255 e. The van der Waals surface area contributed by atoms with Crippen molar-refractivity contribution in [3.63, 3.8) is 0 Å². The van der Waals surface area contributed by atoms with Gasteiger partial charge in [0.2, 0.25) is 5.91 Å². The molecule has 4 rings (SSSR count). The van der Waals surface area contributed by atoms with Crippen LogP contribution in [0.15, 0.2) is 83.5 Å². The molecule has 3 aromatic rings. The summed E-state index contributed by atoms with van der Waals surface area (Å²) in [5.74, 6) is 0.215. The molecule has 0 spiro atoms. The number of aromatic nitrogens is 1. The van der Waals surface area contributed by atoms with Crippen LogP contribution in [0, 0.1) is 0 Å². The van der Waals surface area contributed by atoms with Gasteiger partial charge in [0.1, 0.15) is 11.4 Å². The van der Waals surface area contributed by atoms with Crippen molar-refractivity contribution >= 4 is 39.5 Å². The first kappa shape index (κ1) is 20.6. The van der Waals surface area contributed by atoms with Gasteiger partial charge in [-0.25, -0.2) is 0 Å². The summed E-state index contributed by atoms with van der Waals surface area (Å²) < 4.78 is 0.902. The van der Waals surface area contributed by atoms with E-state index in [0.29, 0.717) is 17.9 Å². The van der Waals surface area contributed by atoms with Crippen LogP contribution in [0.1, 0.15) is 27.0 Å². The van der Waals surface area contributed by atoms with E-state index in [9.17, 15) is 9.59 Å². The number of hydrogen-bond donors (Lipinski definition) is 1. The molecule has 0 saturated carbocycles. The van der Waals surface area contributed by atoms with Crippen LogP contribution < -0.4 is 5.32 Å². The first-order chi connectivity index (χ1) is 14.6. The molecule has 0 bridgehead atoms. The van der Waals surface area contributed by atoms with Crippen LogP contribution in [-0.4, -0.2) is 33.5 Å². The van der Waals surface area contributed by atoms with Crippen LogP contribution in [-0.2, 0) is 11.3 Å². The van der Waals surface area contributed by atoms with Gasteiger partial charge >= 0.3 is 0 Å². The minimum absolute atomic E-state index is 0.153. The molecule has 2 amide bonds. The van der Waals surface area contributed by atoms with E-state index < -0.39 is 6.04 Å². The number of nitrogens with zero attached hydrogens (tertiary/aromatic N) is 2. The van der Waals surface area contributed by atoms with Crippen molar-refractivity contribution < 1.29 is 9.59 Å². The number of thioether (sulfide) groups is 1. The third kappa shape index (κ3) is 4.57. The third-order valence-electron chi connectivity index (χ3n) is 4.88. The Bertz CT molecular complexity index is 1020. The molecule has 0 aliphatic carbocycles. The van der Waals surface area contributed by atoms with Gasteiger partial charge in [0.15, 0.2) is 0 Å². The second-order valence-corrected chi connectivity index (χ2v) is 8.90. The quantitative estimate of drug-likeness (QED) is 0.585. The highest BCUT2D eigenvalue weighted by molar-refractivity contribution is 9.10. The SMILES string of the molecule is O=C(NCc1ccccn1)C1CSC(c2ccccc2)N1C(=O)c1ccc(Br)cc1. The summed E-state index contributed by atoms with van der Waals surface area (Å²) in [6.45, 7) is 0.331. The summed E-state index contributed by atoms with van der Waals surface area (Å²) in [7, 11) is 0. The Labute approximate surface area is 188 Å². The molecule has 2 atom stereocenters. The van der Waals surface area contributed by atoms with Gasteiger partial charge in [0, 0.05) is 22.0 Å². The van der Waals surface area contributed by atoms with Gasteiger partial charge in [-0.15, -0.1) is 11.8 Å². The van der Waals surface area contributed by atoms with Crippen molar-refractivity contribution in [2.45, 2.75) is 18.0 Å². The molecule has 2 aromatic carbocycles. The summed E-state index contributed by atoms with van der Waals surface area (Å²) in [6.07, 6.45) is 1.70. The molecule has 1 aliphatic rings. The molecule has 2 unspecified atom stereocenters. The Morgan fingerprint density at radius 1 is 1.03 bits per heavy atom. The molecule has 7 heteroatoms. The minimum atomic E-state index is -0.555. The second-order valence-electron chi connectivity index (χ2n) is 6.87. The first-order valence-electron chi connectivity index (χ1n) is 9.56. The average molecular weight is 482 g/mol. The number of amides is 2. The molecule has 2 heterocycles. The van der Waals surface area contributed by atoms with Gasteiger partial charge in [-0.05, 0) is 42.0 Å². The summed E-state index contributed by atoms with van der Waals surface area (Å²) in [5, 5.41) is 2.73. The molecule has 1 saturated heterocycles. The molecule has 0 radical (unpaired) electrons. The van der Waals surface area contributed by atoms with E-state index >= 15 is 0 Å². The van der Waals surface area contributed by atoms with E-state index in [0.717, 1.165) is 15.7 Å². The van der Waals surface area contributed by atoms with Crippen LogP contribution in [0.3, 0.4) is 0 Å². The molecule has 1 fully saturated rings. The lowest BCUT2D eigenvalue weighted by Gasteiger charge is -2.29. The fourth-order valence-electron chi connectivity index (χ4n) is 3.37. The summed E-state index contributed by atoms with van der Waals surface area (Å²) in [4.78, 5) is 32.4. The number of benzene rings is 2. The lowest BCUT2D eigenvalue weighted by atomic mass is 10.1. The van der Waals surface area contributed by atoms with Crippen molar-refractivity contribution in [2.24, 2.45) is 0 Å². The predicted molar refractivity (Wildman–Crippen MR) is 122 cm³/mol. The van der Waals surface area contributed by atoms with Crippen LogP contribution in [0.2, 0.25) is 0 Å². The van der Waals surface area contributed by atoms with Crippen molar-refractivity contribution in [3.8, 4) is 0 Å². The van der Waals surface area contributed by atoms with E-state index in [1.165, 1.54) is 0 Å². The van der Waals surface area contributed by atoms with Crippen LogP contribution in [0.4, 0.5) is 0 Å². The lowest BCUT2D eigenvalue weighted by molar-refractivity contribution is -0.125. The average Bonchev–Trinajstić information content (AvgIpc) is 3.24. The number of pyridine rings is 1. The summed E-state index contributed by atoms with van der Waals surface area (Å²) in [6, 6.07) is 22.1. The van der Waals surface area contributed by atoms with E-state index in [1.54, 1.807) is 35.0 Å². The molecule has 152 valence electrons. The highest BCUT2D eigenvalue weighted by Crippen LogP contribution is 2.42.